The minimum absolute atomic E-state index is 0.399. The van der Waals surface area contributed by atoms with E-state index in [2.05, 4.69) is 66.3 Å². The summed E-state index contributed by atoms with van der Waals surface area (Å²) in [5.74, 6) is 1.60. The van der Waals surface area contributed by atoms with E-state index in [0.29, 0.717) is 30.5 Å². The molecule has 0 amide bonds. The van der Waals surface area contributed by atoms with E-state index in [1.165, 1.54) is 83.4 Å². The van der Waals surface area contributed by atoms with Gasteiger partial charge < -0.3 is 0 Å². The maximum absolute atomic E-state index is 12.6. The lowest BCUT2D eigenvalue weighted by Crippen LogP contribution is -2.13. The van der Waals surface area contributed by atoms with Crippen LogP contribution in [0.2, 0.25) is 0 Å². The molecule has 2 aromatic heterocycles. The molecule has 41 heavy (non-hydrogen) atoms. The molecule has 0 bridgehead atoms. The lowest BCUT2D eigenvalue weighted by Gasteiger charge is -2.26. The molecule has 0 saturated heterocycles. The van der Waals surface area contributed by atoms with Crippen LogP contribution in [0.5, 0.6) is 0 Å². The van der Waals surface area contributed by atoms with E-state index in [0.717, 1.165) is 44.9 Å². The van der Waals surface area contributed by atoms with Gasteiger partial charge in [0, 0.05) is 36.2 Å². The van der Waals surface area contributed by atoms with Crippen molar-refractivity contribution in [3.63, 3.8) is 0 Å². The Labute approximate surface area is 247 Å². The lowest BCUT2D eigenvalue weighted by molar-refractivity contribution is -0.119. The highest BCUT2D eigenvalue weighted by Crippen LogP contribution is 2.38. The second kappa shape index (κ2) is 14.7. The molecule has 5 rings (SSSR count). The van der Waals surface area contributed by atoms with E-state index < -0.39 is 0 Å². The zero-order valence-corrected chi connectivity index (χ0v) is 25.2. The number of pyridine rings is 1. The van der Waals surface area contributed by atoms with Gasteiger partial charge in [-0.2, -0.15) is 0 Å². The molecule has 4 heteroatoms. The Morgan fingerprint density at radius 2 is 1.71 bits per heavy atom. The van der Waals surface area contributed by atoms with Gasteiger partial charge in [-0.1, -0.05) is 56.2 Å². The minimum Gasteiger partial charge on any atom is -0.300 e. The average molecular weight is 550 g/mol. The Morgan fingerprint density at radius 1 is 0.927 bits per heavy atom. The van der Waals surface area contributed by atoms with Crippen LogP contribution in [0.4, 0.5) is 0 Å². The van der Waals surface area contributed by atoms with E-state index in [1.807, 2.05) is 6.20 Å². The Morgan fingerprint density at radius 3 is 2.51 bits per heavy atom. The number of hydrogen-bond donors (Lipinski definition) is 0. The molecular weight excluding hydrogens is 502 g/mol. The van der Waals surface area contributed by atoms with Crippen molar-refractivity contribution in [2.24, 2.45) is 0 Å². The van der Waals surface area contributed by atoms with Crippen LogP contribution in [0.15, 0.2) is 48.9 Å². The molecule has 0 N–H and O–H groups in total. The van der Waals surface area contributed by atoms with E-state index in [1.54, 1.807) is 6.33 Å². The normalized spacial score (nSPS) is 18.9. The molecule has 3 aromatic rings. The minimum atomic E-state index is 0.399. The number of rotatable bonds is 11. The molecule has 0 unspecified atom stereocenters. The Bertz CT molecular complexity index is 1330. The van der Waals surface area contributed by atoms with E-state index in [4.69, 9.17) is 4.98 Å². The van der Waals surface area contributed by atoms with Gasteiger partial charge in [-0.15, -0.1) is 0 Å². The van der Waals surface area contributed by atoms with Gasteiger partial charge in [0.15, 0.2) is 0 Å². The lowest BCUT2D eigenvalue weighted by atomic mass is 9.80. The summed E-state index contributed by atoms with van der Waals surface area (Å²) in [6.07, 6.45) is 23.9. The van der Waals surface area contributed by atoms with Gasteiger partial charge in [-0.05, 0) is 112 Å². The fourth-order valence-electron chi connectivity index (χ4n) is 7.06. The first-order chi connectivity index (χ1) is 20.1. The molecule has 0 spiro atoms. The third-order valence-electron chi connectivity index (χ3n) is 9.37. The van der Waals surface area contributed by atoms with Crippen molar-refractivity contribution in [3.8, 4) is 0 Å². The molecule has 2 aliphatic rings. The number of carbonyl (C=O) groups excluding carboxylic acids is 1. The van der Waals surface area contributed by atoms with Crippen LogP contribution in [-0.4, -0.2) is 20.7 Å². The summed E-state index contributed by atoms with van der Waals surface area (Å²) >= 11 is 0. The van der Waals surface area contributed by atoms with Crippen molar-refractivity contribution >= 4 is 11.9 Å². The molecule has 0 radical (unpaired) electrons. The zero-order valence-electron chi connectivity index (χ0n) is 25.2. The smallest absolute Gasteiger partial charge is 0.132 e. The van der Waals surface area contributed by atoms with Crippen LogP contribution < -0.4 is 0 Å². The topological polar surface area (TPSA) is 55.7 Å². The Kier molecular flexibility index (Phi) is 10.5. The molecule has 0 atom stereocenters. The van der Waals surface area contributed by atoms with Crippen LogP contribution in [0, 0.1) is 6.92 Å². The number of carbonyl (C=O) groups is 1. The number of nitrogens with zero attached hydrogens (tertiary/aromatic N) is 3. The van der Waals surface area contributed by atoms with Gasteiger partial charge in [-0.25, -0.2) is 9.97 Å². The van der Waals surface area contributed by atoms with Crippen molar-refractivity contribution in [1.82, 2.24) is 15.0 Å². The number of benzene rings is 1. The summed E-state index contributed by atoms with van der Waals surface area (Å²) in [5, 5.41) is 0. The number of Topliss-reactive ketones (excluding diaryl/α,β-unsaturated/α-hetero) is 1. The van der Waals surface area contributed by atoms with Crippen molar-refractivity contribution in [1.29, 1.82) is 0 Å². The number of hydrogen-bond acceptors (Lipinski definition) is 4. The SMILES string of the molecule is CCc1nccc(C)c1CCCC(=O)CCCc1cccc(C2CCCC(c3ncnc4c3C=CCC4)CCC2)c1. The third kappa shape index (κ3) is 7.78. The predicted molar refractivity (Wildman–Crippen MR) is 168 cm³/mol. The van der Waals surface area contributed by atoms with E-state index >= 15 is 0 Å². The van der Waals surface area contributed by atoms with Gasteiger partial charge in [-0.3, -0.25) is 9.78 Å². The molecule has 216 valence electrons. The van der Waals surface area contributed by atoms with Crippen molar-refractivity contribution in [3.05, 3.63) is 93.8 Å². The molecule has 4 nitrogen and oxygen atoms in total. The highest BCUT2D eigenvalue weighted by molar-refractivity contribution is 5.78. The quantitative estimate of drug-likeness (QED) is 0.240. The molecule has 1 saturated carbocycles. The van der Waals surface area contributed by atoms with Gasteiger partial charge in [0.25, 0.3) is 0 Å². The Balaban J connectivity index is 1.07. The molecular formula is C37H47N3O. The van der Waals surface area contributed by atoms with E-state index in [-0.39, 0.29) is 0 Å². The first kappa shape index (κ1) is 29.4. The summed E-state index contributed by atoms with van der Waals surface area (Å²) in [7, 11) is 0. The molecule has 1 aromatic carbocycles. The summed E-state index contributed by atoms with van der Waals surface area (Å²) in [6.45, 7) is 4.31. The van der Waals surface area contributed by atoms with Crippen LogP contribution in [0.25, 0.3) is 6.08 Å². The van der Waals surface area contributed by atoms with Crippen LogP contribution in [0.1, 0.15) is 134 Å². The number of fused-ring (bicyclic) bond motifs is 1. The number of aryl methyl sites for hydroxylation is 4. The second-order valence-electron chi connectivity index (χ2n) is 12.2. The highest BCUT2D eigenvalue weighted by atomic mass is 16.1. The first-order valence-corrected chi connectivity index (χ1v) is 16.2. The standard InChI is InChI=1S/C37H47N3O/c1-3-35-33(27(2)23-24-38-35)21-10-19-32(41)18-7-12-28-11-6-17-31(25-28)29-13-8-15-30(16-9-14-29)37-34-20-4-5-22-36(34)39-26-40-37/h4,6,11,17,20,23-26,29-30H,3,5,7-10,12-16,18-19,21-22H2,1-2H3. The molecule has 2 heterocycles. The maximum atomic E-state index is 12.6. The first-order valence-electron chi connectivity index (χ1n) is 16.2. The summed E-state index contributed by atoms with van der Waals surface area (Å²) in [4.78, 5) is 26.5. The Hall–Kier alpha value is -3.14. The van der Waals surface area contributed by atoms with Crippen molar-refractivity contribution in [2.45, 2.75) is 122 Å². The predicted octanol–water partition coefficient (Wildman–Crippen LogP) is 8.84. The zero-order chi connectivity index (χ0) is 28.4. The second-order valence-corrected chi connectivity index (χ2v) is 12.2. The van der Waals surface area contributed by atoms with Crippen molar-refractivity contribution in [2.75, 3.05) is 0 Å². The summed E-state index contributed by atoms with van der Waals surface area (Å²) in [6, 6.07) is 11.3. The molecule has 2 aliphatic carbocycles. The summed E-state index contributed by atoms with van der Waals surface area (Å²) < 4.78 is 0. The average Bonchev–Trinajstić information content (AvgIpc) is 2.98. The number of allylic oxidation sites excluding steroid dienone is 1. The van der Waals surface area contributed by atoms with Crippen LogP contribution in [0.3, 0.4) is 0 Å². The van der Waals surface area contributed by atoms with Crippen LogP contribution in [-0.2, 0) is 30.5 Å². The third-order valence-corrected chi connectivity index (χ3v) is 9.37. The molecule has 1 fully saturated rings. The van der Waals surface area contributed by atoms with Crippen LogP contribution >= 0.6 is 0 Å². The fraction of sp³-hybridized carbons (Fsp3) is 0.514. The van der Waals surface area contributed by atoms with Crippen molar-refractivity contribution < 1.29 is 4.79 Å². The largest absolute Gasteiger partial charge is 0.300 e. The molecule has 0 aliphatic heterocycles. The van der Waals surface area contributed by atoms with Gasteiger partial charge >= 0.3 is 0 Å². The van der Waals surface area contributed by atoms with Gasteiger partial charge in [0.1, 0.15) is 12.1 Å². The number of ketones is 1. The highest BCUT2D eigenvalue weighted by Gasteiger charge is 2.23. The summed E-state index contributed by atoms with van der Waals surface area (Å²) in [5.41, 5.74) is 10.5. The van der Waals surface area contributed by atoms with E-state index in [9.17, 15) is 4.79 Å². The van der Waals surface area contributed by atoms with Gasteiger partial charge in [0.05, 0.1) is 11.4 Å². The number of aromatic nitrogens is 3. The monoisotopic (exact) mass is 549 g/mol. The maximum Gasteiger partial charge on any atom is 0.132 e. The fourth-order valence-corrected chi connectivity index (χ4v) is 7.06. The van der Waals surface area contributed by atoms with Gasteiger partial charge in [0.2, 0.25) is 0 Å².